The van der Waals surface area contributed by atoms with Crippen LogP contribution in [0.2, 0.25) is 0 Å². The Balaban J connectivity index is 2.80. The van der Waals surface area contributed by atoms with E-state index in [9.17, 15) is 15.0 Å². The first kappa shape index (κ1) is 13.6. The molecule has 0 spiro atoms. The standard InChI is InChI=1S/C12H17NO4/c1-17-11(15)6-10(14)12(16)9-5-3-2-4-8(9)7-13/h2-5,10,12,14,16H,6-7,13H2,1H3. The number of carbonyl (C=O) groups is 1. The summed E-state index contributed by atoms with van der Waals surface area (Å²) < 4.78 is 4.43. The Bertz CT molecular complexity index is 381. The second-order valence-electron chi connectivity index (χ2n) is 3.70. The van der Waals surface area contributed by atoms with Gasteiger partial charge >= 0.3 is 5.97 Å². The molecule has 0 saturated heterocycles. The summed E-state index contributed by atoms with van der Waals surface area (Å²) in [5.41, 5.74) is 6.81. The van der Waals surface area contributed by atoms with Crippen molar-refractivity contribution in [3.8, 4) is 0 Å². The predicted molar refractivity (Wildman–Crippen MR) is 61.9 cm³/mol. The highest BCUT2D eigenvalue weighted by Crippen LogP contribution is 2.22. The van der Waals surface area contributed by atoms with Crippen molar-refractivity contribution < 1.29 is 19.7 Å². The van der Waals surface area contributed by atoms with E-state index in [2.05, 4.69) is 4.74 Å². The van der Waals surface area contributed by atoms with Crippen LogP contribution in [-0.4, -0.2) is 29.4 Å². The van der Waals surface area contributed by atoms with Gasteiger partial charge in [-0.1, -0.05) is 24.3 Å². The maximum atomic E-state index is 11.0. The lowest BCUT2D eigenvalue weighted by molar-refractivity contribution is -0.144. The number of esters is 1. The minimum atomic E-state index is -1.20. The van der Waals surface area contributed by atoms with Crippen molar-refractivity contribution in [3.63, 3.8) is 0 Å². The summed E-state index contributed by atoms with van der Waals surface area (Å²) in [6.07, 6.45) is -2.60. The van der Waals surface area contributed by atoms with Crippen LogP contribution in [0.25, 0.3) is 0 Å². The van der Waals surface area contributed by atoms with E-state index in [4.69, 9.17) is 5.73 Å². The quantitative estimate of drug-likeness (QED) is 0.634. The van der Waals surface area contributed by atoms with Gasteiger partial charge in [0.1, 0.15) is 6.10 Å². The SMILES string of the molecule is COC(=O)CC(O)C(O)c1ccccc1CN. The fourth-order valence-electron chi connectivity index (χ4n) is 1.58. The van der Waals surface area contributed by atoms with Gasteiger partial charge < -0.3 is 20.7 Å². The molecule has 0 radical (unpaired) electrons. The van der Waals surface area contributed by atoms with E-state index in [1.165, 1.54) is 7.11 Å². The third kappa shape index (κ3) is 3.52. The third-order valence-corrected chi connectivity index (χ3v) is 2.56. The zero-order chi connectivity index (χ0) is 12.8. The number of methoxy groups -OCH3 is 1. The van der Waals surface area contributed by atoms with Crippen LogP contribution in [0.1, 0.15) is 23.7 Å². The van der Waals surface area contributed by atoms with Crippen LogP contribution in [0.4, 0.5) is 0 Å². The Labute approximate surface area is 99.8 Å². The van der Waals surface area contributed by atoms with Crippen LogP contribution in [0.15, 0.2) is 24.3 Å². The number of hydrogen-bond donors (Lipinski definition) is 3. The van der Waals surface area contributed by atoms with Gasteiger partial charge in [0.2, 0.25) is 0 Å². The van der Waals surface area contributed by atoms with Gasteiger partial charge in [-0.3, -0.25) is 4.79 Å². The summed E-state index contributed by atoms with van der Waals surface area (Å²) in [7, 11) is 1.23. The molecule has 1 aromatic rings. The minimum absolute atomic E-state index is 0.253. The molecular formula is C12H17NO4. The Kier molecular flexibility index (Phi) is 5.09. The molecule has 0 amide bonds. The van der Waals surface area contributed by atoms with Gasteiger partial charge in [-0.25, -0.2) is 0 Å². The largest absolute Gasteiger partial charge is 0.469 e. The van der Waals surface area contributed by atoms with Crippen LogP contribution >= 0.6 is 0 Å². The molecule has 0 aliphatic rings. The molecule has 0 fully saturated rings. The van der Waals surface area contributed by atoms with E-state index in [-0.39, 0.29) is 13.0 Å². The number of hydrogen-bond acceptors (Lipinski definition) is 5. The van der Waals surface area contributed by atoms with E-state index < -0.39 is 18.2 Å². The smallest absolute Gasteiger partial charge is 0.308 e. The van der Waals surface area contributed by atoms with Crippen molar-refractivity contribution >= 4 is 5.97 Å². The van der Waals surface area contributed by atoms with Crippen molar-refractivity contribution in [1.82, 2.24) is 0 Å². The summed E-state index contributed by atoms with van der Waals surface area (Å²) in [4.78, 5) is 11.0. The van der Waals surface area contributed by atoms with Crippen molar-refractivity contribution in [2.75, 3.05) is 7.11 Å². The van der Waals surface area contributed by atoms with Crippen molar-refractivity contribution in [2.45, 2.75) is 25.2 Å². The molecule has 94 valence electrons. The first-order chi connectivity index (χ1) is 8.10. The van der Waals surface area contributed by atoms with Gasteiger partial charge in [0, 0.05) is 6.54 Å². The van der Waals surface area contributed by atoms with Gasteiger partial charge in [-0.2, -0.15) is 0 Å². The van der Waals surface area contributed by atoms with Crippen molar-refractivity contribution in [3.05, 3.63) is 35.4 Å². The molecule has 0 heterocycles. The van der Waals surface area contributed by atoms with E-state index in [1.807, 2.05) is 0 Å². The number of benzene rings is 1. The monoisotopic (exact) mass is 239 g/mol. The lowest BCUT2D eigenvalue weighted by Gasteiger charge is -2.19. The first-order valence-corrected chi connectivity index (χ1v) is 5.31. The molecule has 1 aromatic carbocycles. The van der Waals surface area contributed by atoms with Gasteiger partial charge in [0.05, 0.1) is 19.6 Å². The van der Waals surface area contributed by atoms with Crippen LogP contribution < -0.4 is 5.73 Å². The first-order valence-electron chi connectivity index (χ1n) is 5.31. The Morgan fingerprint density at radius 2 is 2.06 bits per heavy atom. The number of nitrogens with two attached hydrogens (primary N) is 1. The van der Waals surface area contributed by atoms with Crippen LogP contribution in [0.3, 0.4) is 0 Å². The Morgan fingerprint density at radius 1 is 1.41 bits per heavy atom. The number of carbonyl (C=O) groups excluding carboxylic acids is 1. The molecule has 5 heteroatoms. The van der Waals surface area contributed by atoms with Gasteiger partial charge in [-0.15, -0.1) is 0 Å². The zero-order valence-corrected chi connectivity index (χ0v) is 9.67. The molecule has 0 aliphatic heterocycles. The average molecular weight is 239 g/mol. The van der Waals surface area contributed by atoms with E-state index in [0.717, 1.165) is 5.56 Å². The molecular weight excluding hydrogens is 222 g/mol. The fraction of sp³-hybridized carbons (Fsp3) is 0.417. The minimum Gasteiger partial charge on any atom is -0.469 e. The van der Waals surface area contributed by atoms with E-state index in [0.29, 0.717) is 5.56 Å². The van der Waals surface area contributed by atoms with Crippen LogP contribution in [0, 0.1) is 0 Å². The highest BCUT2D eigenvalue weighted by atomic mass is 16.5. The summed E-state index contributed by atoms with van der Waals surface area (Å²) in [5, 5.41) is 19.6. The predicted octanol–water partition coefficient (Wildman–Crippen LogP) is 0.103. The molecule has 0 aromatic heterocycles. The number of rotatable bonds is 5. The third-order valence-electron chi connectivity index (χ3n) is 2.56. The molecule has 1 rings (SSSR count). The maximum Gasteiger partial charge on any atom is 0.308 e. The fourth-order valence-corrected chi connectivity index (χ4v) is 1.58. The van der Waals surface area contributed by atoms with Crippen LogP contribution in [0.5, 0.6) is 0 Å². The molecule has 5 nitrogen and oxygen atoms in total. The molecule has 2 unspecified atom stereocenters. The number of ether oxygens (including phenoxy) is 1. The highest BCUT2D eigenvalue weighted by molar-refractivity contribution is 5.69. The summed E-state index contributed by atoms with van der Waals surface area (Å²) in [6.45, 7) is 0.262. The molecule has 17 heavy (non-hydrogen) atoms. The normalized spacial score (nSPS) is 14.1. The number of aliphatic hydroxyl groups is 2. The van der Waals surface area contributed by atoms with Gasteiger partial charge in [-0.05, 0) is 11.1 Å². The average Bonchev–Trinajstić information content (AvgIpc) is 2.37. The second-order valence-corrected chi connectivity index (χ2v) is 3.70. The highest BCUT2D eigenvalue weighted by Gasteiger charge is 2.23. The van der Waals surface area contributed by atoms with E-state index in [1.54, 1.807) is 24.3 Å². The second kappa shape index (κ2) is 6.34. The van der Waals surface area contributed by atoms with Gasteiger partial charge in [0.15, 0.2) is 0 Å². The van der Waals surface area contributed by atoms with Crippen LogP contribution in [-0.2, 0) is 16.1 Å². The van der Waals surface area contributed by atoms with Crippen molar-refractivity contribution in [1.29, 1.82) is 0 Å². The maximum absolute atomic E-state index is 11.0. The molecule has 0 saturated carbocycles. The Morgan fingerprint density at radius 3 is 2.65 bits per heavy atom. The molecule has 2 atom stereocenters. The van der Waals surface area contributed by atoms with E-state index >= 15 is 0 Å². The molecule has 0 aliphatic carbocycles. The molecule has 0 bridgehead atoms. The summed E-state index contributed by atoms with van der Waals surface area (Å²) in [6, 6.07) is 6.98. The summed E-state index contributed by atoms with van der Waals surface area (Å²) >= 11 is 0. The topological polar surface area (TPSA) is 92.8 Å². The Hall–Kier alpha value is -1.43. The van der Waals surface area contributed by atoms with Crippen molar-refractivity contribution in [2.24, 2.45) is 5.73 Å². The lowest BCUT2D eigenvalue weighted by atomic mass is 9.97. The molecule has 4 N–H and O–H groups in total. The lowest BCUT2D eigenvalue weighted by Crippen LogP contribution is -2.23. The van der Waals surface area contributed by atoms with Gasteiger partial charge in [0.25, 0.3) is 0 Å². The summed E-state index contributed by atoms with van der Waals surface area (Å²) in [5.74, 6) is -0.568. The number of aliphatic hydroxyl groups excluding tert-OH is 2. The zero-order valence-electron chi connectivity index (χ0n) is 9.67.